The quantitative estimate of drug-likeness (QED) is 0.435. The molecule has 0 radical (unpaired) electrons. The first-order valence-corrected chi connectivity index (χ1v) is 8.47. The van der Waals surface area contributed by atoms with Crippen LogP contribution in [0.2, 0.25) is 0 Å². The molecule has 1 rings (SSSR count). The second-order valence-corrected chi connectivity index (χ2v) is 5.95. The van der Waals surface area contributed by atoms with Crippen LogP contribution in [0.5, 0.6) is 0 Å². The number of aliphatic hydroxyl groups is 3. The fraction of sp³-hybridized carbons (Fsp3) is 0.611. The third-order valence-electron chi connectivity index (χ3n) is 3.87. The van der Waals surface area contributed by atoms with Crippen molar-refractivity contribution in [1.82, 2.24) is 0 Å². The number of rotatable bonds is 12. The largest absolute Gasteiger partial charge is 0.481 e. The second-order valence-electron chi connectivity index (χ2n) is 5.95. The van der Waals surface area contributed by atoms with Crippen LogP contribution < -0.4 is 0 Å². The van der Waals surface area contributed by atoms with Gasteiger partial charge in [-0.3, -0.25) is 4.79 Å². The van der Waals surface area contributed by atoms with Crippen molar-refractivity contribution < 1.29 is 29.6 Å². The van der Waals surface area contributed by atoms with Gasteiger partial charge in [-0.15, -0.1) is 0 Å². The molecule has 0 spiro atoms. The van der Waals surface area contributed by atoms with Crippen LogP contribution in [-0.4, -0.2) is 38.6 Å². The molecule has 0 aromatic carbocycles. The lowest BCUT2D eigenvalue weighted by Crippen LogP contribution is -2.23. The first-order valence-electron chi connectivity index (χ1n) is 8.47. The molecule has 1 heterocycles. The average Bonchev–Trinajstić information content (AvgIpc) is 3.00. The topological polar surface area (TPSA) is 111 Å². The summed E-state index contributed by atoms with van der Waals surface area (Å²) in [5, 5.41) is 38.4. The van der Waals surface area contributed by atoms with E-state index in [9.17, 15) is 20.1 Å². The molecule has 0 aliphatic heterocycles. The van der Waals surface area contributed by atoms with Crippen LogP contribution in [0.1, 0.15) is 69.3 Å². The Hall–Kier alpha value is -1.63. The van der Waals surface area contributed by atoms with E-state index in [-0.39, 0.29) is 12.8 Å². The predicted molar refractivity (Wildman–Crippen MR) is 90.3 cm³/mol. The van der Waals surface area contributed by atoms with Gasteiger partial charge in [-0.25, -0.2) is 0 Å². The van der Waals surface area contributed by atoms with Crippen LogP contribution in [0.25, 0.3) is 6.08 Å². The summed E-state index contributed by atoms with van der Waals surface area (Å²) in [5.74, 6) is -0.470. The zero-order valence-corrected chi connectivity index (χ0v) is 14.1. The molecule has 1 aromatic heterocycles. The van der Waals surface area contributed by atoms with Gasteiger partial charge in [-0.05, 0) is 25.3 Å². The van der Waals surface area contributed by atoms with Crippen molar-refractivity contribution in [3.63, 3.8) is 0 Å². The van der Waals surface area contributed by atoms with Gasteiger partial charge in [-0.2, -0.15) is 0 Å². The number of furan rings is 1. The molecular weight excluding hydrogens is 312 g/mol. The van der Waals surface area contributed by atoms with Crippen molar-refractivity contribution in [1.29, 1.82) is 0 Å². The zero-order chi connectivity index (χ0) is 17.9. The SMILES string of the molecule is CCCCC[C@@H](O)c1occc1/C=C/[C@@H](O)[C@@H](O)CCCC(=O)O. The monoisotopic (exact) mass is 340 g/mol. The molecule has 0 aliphatic carbocycles. The van der Waals surface area contributed by atoms with E-state index < -0.39 is 24.3 Å². The number of carbonyl (C=O) groups is 1. The average molecular weight is 340 g/mol. The van der Waals surface area contributed by atoms with Crippen LogP contribution in [-0.2, 0) is 4.79 Å². The summed E-state index contributed by atoms with van der Waals surface area (Å²) in [5.41, 5.74) is 0.663. The van der Waals surface area contributed by atoms with Gasteiger partial charge < -0.3 is 24.8 Å². The normalized spacial score (nSPS) is 15.5. The lowest BCUT2D eigenvalue weighted by molar-refractivity contribution is -0.137. The molecule has 0 saturated carbocycles. The molecule has 0 amide bonds. The standard InChI is InChI=1S/C18H28O6/c1-2-3-4-6-16(21)18-13(11-12-24-18)9-10-15(20)14(19)7-5-8-17(22)23/h9-12,14-16,19-21H,2-8H2,1H3,(H,22,23)/b10-9+/t14-,15+,16+/m0/s1. The second kappa shape index (κ2) is 11.0. The molecule has 0 aliphatic rings. The smallest absolute Gasteiger partial charge is 0.303 e. The molecular formula is C18H28O6. The van der Waals surface area contributed by atoms with Crippen molar-refractivity contribution in [2.24, 2.45) is 0 Å². The third kappa shape index (κ3) is 7.29. The minimum absolute atomic E-state index is 0.0384. The Morgan fingerprint density at radius 2 is 1.96 bits per heavy atom. The Bertz CT molecular complexity index is 507. The molecule has 136 valence electrons. The van der Waals surface area contributed by atoms with Gasteiger partial charge in [0.15, 0.2) is 0 Å². The summed E-state index contributed by atoms with van der Waals surface area (Å²) in [6.07, 6.45) is 5.81. The van der Waals surface area contributed by atoms with Gasteiger partial charge in [0.1, 0.15) is 11.9 Å². The number of unbranched alkanes of at least 4 members (excludes halogenated alkanes) is 2. The van der Waals surface area contributed by atoms with Gasteiger partial charge >= 0.3 is 5.97 Å². The van der Waals surface area contributed by atoms with Crippen molar-refractivity contribution >= 4 is 12.0 Å². The maximum absolute atomic E-state index is 10.4. The number of carboxylic acid groups (broad SMARTS) is 1. The summed E-state index contributed by atoms with van der Waals surface area (Å²) < 4.78 is 5.33. The van der Waals surface area contributed by atoms with E-state index >= 15 is 0 Å². The highest BCUT2D eigenvalue weighted by molar-refractivity contribution is 5.66. The van der Waals surface area contributed by atoms with Crippen LogP contribution in [0, 0.1) is 0 Å². The summed E-state index contributed by atoms with van der Waals surface area (Å²) in [6, 6.07) is 1.69. The van der Waals surface area contributed by atoms with E-state index in [1.165, 1.54) is 12.3 Å². The number of aliphatic hydroxyl groups excluding tert-OH is 3. The van der Waals surface area contributed by atoms with Crippen molar-refractivity contribution in [2.45, 2.75) is 70.2 Å². The lowest BCUT2D eigenvalue weighted by atomic mass is 10.0. The van der Waals surface area contributed by atoms with E-state index in [2.05, 4.69) is 6.92 Å². The fourth-order valence-corrected chi connectivity index (χ4v) is 2.42. The highest BCUT2D eigenvalue weighted by Crippen LogP contribution is 2.25. The molecule has 0 fully saturated rings. The van der Waals surface area contributed by atoms with E-state index in [4.69, 9.17) is 9.52 Å². The van der Waals surface area contributed by atoms with Crippen LogP contribution in [0.3, 0.4) is 0 Å². The predicted octanol–water partition coefficient (Wildman–Crippen LogP) is 2.88. The van der Waals surface area contributed by atoms with Gasteiger partial charge in [0.2, 0.25) is 0 Å². The Morgan fingerprint density at radius 1 is 1.21 bits per heavy atom. The Labute approximate surface area is 142 Å². The zero-order valence-electron chi connectivity index (χ0n) is 14.1. The highest BCUT2D eigenvalue weighted by Gasteiger charge is 2.16. The molecule has 0 saturated heterocycles. The minimum Gasteiger partial charge on any atom is -0.481 e. The number of carboxylic acids is 1. The minimum atomic E-state index is -1.10. The Balaban J connectivity index is 2.54. The van der Waals surface area contributed by atoms with E-state index in [0.29, 0.717) is 24.2 Å². The Kier molecular flexibility index (Phi) is 9.37. The van der Waals surface area contributed by atoms with Crippen LogP contribution in [0.4, 0.5) is 0 Å². The summed E-state index contributed by atoms with van der Waals surface area (Å²) in [4.78, 5) is 10.4. The van der Waals surface area contributed by atoms with Crippen molar-refractivity contribution in [3.8, 4) is 0 Å². The van der Waals surface area contributed by atoms with Gasteiger partial charge in [0.25, 0.3) is 0 Å². The fourth-order valence-electron chi connectivity index (χ4n) is 2.42. The van der Waals surface area contributed by atoms with Crippen molar-refractivity contribution in [3.05, 3.63) is 29.7 Å². The van der Waals surface area contributed by atoms with Gasteiger partial charge in [0, 0.05) is 12.0 Å². The molecule has 0 unspecified atom stereocenters. The third-order valence-corrected chi connectivity index (χ3v) is 3.87. The number of hydrogen-bond acceptors (Lipinski definition) is 5. The molecule has 24 heavy (non-hydrogen) atoms. The van der Waals surface area contributed by atoms with Crippen LogP contribution >= 0.6 is 0 Å². The van der Waals surface area contributed by atoms with Crippen LogP contribution in [0.15, 0.2) is 22.8 Å². The highest BCUT2D eigenvalue weighted by atomic mass is 16.4. The van der Waals surface area contributed by atoms with Gasteiger partial charge in [-0.1, -0.05) is 38.3 Å². The molecule has 3 atom stereocenters. The summed E-state index contributed by atoms with van der Waals surface area (Å²) in [7, 11) is 0. The Morgan fingerprint density at radius 3 is 2.62 bits per heavy atom. The van der Waals surface area contributed by atoms with Crippen molar-refractivity contribution in [2.75, 3.05) is 0 Å². The summed E-state index contributed by atoms with van der Waals surface area (Å²) in [6.45, 7) is 2.09. The summed E-state index contributed by atoms with van der Waals surface area (Å²) >= 11 is 0. The number of hydrogen-bond donors (Lipinski definition) is 4. The first-order chi connectivity index (χ1) is 11.5. The van der Waals surface area contributed by atoms with E-state index in [1.54, 1.807) is 12.1 Å². The lowest BCUT2D eigenvalue weighted by Gasteiger charge is -2.14. The molecule has 4 N–H and O–H groups in total. The van der Waals surface area contributed by atoms with E-state index in [1.807, 2.05) is 0 Å². The molecule has 1 aromatic rings. The number of aliphatic carboxylic acids is 1. The first kappa shape index (κ1) is 20.4. The van der Waals surface area contributed by atoms with Gasteiger partial charge in [0.05, 0.1) is 18.5 Å². The molecule has 0 bridgehead atoms. The maximum Gasteiger partial charge on any atom is 0.303 e. The van der Waals surface area contributed by atoms with E-state index in [0.717, 1.165) is 19.3 Å². The molecule has 6 heteroatoms. The maximum atomic E-state index is 10.4. The molecule has 6 nitrogen and oxygen atoms in total.